The summed E-state index contributed by atoms with van der Waals surface area (Å²) >= 11 is 3.59. The number of pyridine rings is 1. The smallest absolute Gasteiger partial charge is 0.175 e. The lowest BCUT2D eigenvalue weighted by Crippen LogP contribution is -2.13. The molecule has 1 heterocycles. The zero-order valence-electron chi connectivity index (χ0n) is 16.0. The molecule has 0 unspecified atom stereocenters. The van der Waals surface area contributed by atoms with Gasteiger partial charge >= 0.3 is 0 Å². The Morgan fingerprint density at radius 3 is 2.31 bits per heavy atom. The fourth-order valence-electron chi connectivity index (χ4n) is 2.71. The van der Waals surface area contributed by atoms with Crippen molar-refractivity contribution in [3.63, 3.8) is 0 Å². The molecule has 0 spiro atoms. The summed E-state index contributed by atoms with van der Waals surface area (Å²) in [5.41, 5.74) is 3.15. The standard InChI is InChI=1S/C22H22BrFN2O2.ClH/c1-2-27-21-12-18(14-26-13-16-7-9-25-10-8-16)11-20(23)22(21)28-15-17-3-5-19(24)6-4-17;/h3-12,26H,2,13-15H2,1H3;1H. The number of nitrogens with one attached hydrogen (secondary N) is 1. The highest BCUT2D eigenvalue weighted by Crippen LogP contribution is 2.37. The minimum Gasteiger partial charge on any atom is -0.490 e. The summed E-state index contributed by atoms with van der Waals surface area (Å²) in [5.74, 6) is 1.06. The molecular formula is C22H23BrClFN2O2. The molecule has 0 atom stereocenters. The average molecular weight is 482 g/mol. The molecule has 0 aliphatic heterocycles. The van der Waals surface area contributed by atoms with Crippen LogP contribution < -0.4 is 14.8 Å². The zero-order chi connectivity index (χ0) is 19.8. The molecule has 2 aromatic carbocycles. The largest absolute Gasteiger partial charge is 0.490 e. The maximum atomic E-state index is 13.1. The number of halogens is 3. The SMILES string of the molecule is CCOc1cc(CNCc2ccncc2)cc(Br)c1OCc1ccc(F)cc1.Cl. The summed E-state index contributed by atoms with van der Waals surface area (Å²) in [4.78, 5) is 4.03. The maximum absolute atomic E-state index is 13.1. The van der Waals surface area contributed by atoms with Crippen LogP contribution in [0.2, 0.25) is 0 Å². The molecule has 0 fully saturated rings. The van der Waals surface area contributed by atoms with Crippen molar-refractivity contribution in [2.75, 3.05) is 6.61 Å². The van der Waals surface area contributed by atoms with Crippen molar-refractivity contribution in [1.29, 1.82) is 0 Å². The summed E-state index contributed by atoms with van der Waals surface area (Å²) in [6.45, 7) is 4.25. The monoisotopic (exact) mass is 480 g/mol. The van der Waals surface area contributed by atoms with E-state index in [9.17, 15) is 4.39 Å². The van der Waals surface area contributed by atoms with E-state index >= 15 is 0 Å². The lowest BCUT2D eigenvalue weighted by atomic mass is 10.2. The van der Waals surface area contributed by atoms with Crippen LogP contribution in [0.15, 0.2) is 65.4 Å². The quantitative estimate of drug-likeness (QED) is 0.427. The number of benzene rings is 2. The maximum Gasteiger partial charge on any atom is 0.175 e. The molecule has 154 valence electrons. The highest BCUT2D eigenvalue weighted by molar-refractivity contribution is 9.10. The fourth-order valence-corrected chi connectivity index (χ4v) is 3.32. The van der Waals surface area contributed by atoms with Crippen LogP contribution in [0.4, 0.5) is 4.39 Å². The second-order valence-electron chi connectivity index (χ2n) is 6.21. The van der Waals surface area contributed by atoms with Gasteiger partial charge in [0.1, 0.15) is 12.4 Å². The number of rotatable bonds is 9. The zero-order valence-corrected chi connectivity index (χ0v) is 18.4. The Morgan fingerprint density at radius 1 is 0.931 bits per heavy atom. The van der Waals surface area contributed by atoms with Gasteiger partial charge in [-0.25, -0.2) is 4.39 Å². The Morgan fingerprint density at radius 2 is 1.62 bits per heavy atom. The van der Waals surface area contributed by atoms with E-state index in [1.54, 1.807) is 24.5 Å². The van der Waals surface area contributed by atoms with Gasteiger partial charge < -0.3 is 14.8 Å². The molecule has 29 heavy (non-hydrogen) atoms. The Kier molecular flexibility index (Phi) is 9.38. The van der Waals surface area contributed by atoms with Crippen LogP contribution in [-0.2, 0) is 19.7 Å². The van der Waals surface area contributed by atoms with Crippen LogP contribution in [0.3, 0.4) is 0 Å². The Balaban J connectivity index is 0.00000300. The van der Waals surface area contributed by atoms with Crippen molar-refractivity contribution < 1.29 is 13.9 Å². The first-order chi connectivity index (χ1) is 13.7. The lowest BCUT2D eigenvalue weighted by Gasteiger charge is -2.16. The molecule has 0 radical (unpaired) electrons. The van der Waals surface area contributed by atoms with E-state index in [1.165, 1.54) is 17.7 Å². The molecule has 0 bridgehead atoms. The predicted molar refractivity (Wildman–Crippen MR) is 118 cm³/mol. The second kappa shape index (κ2) is 11.8. The van der Waals surface area contributed by atoms with E-state index in [0.717, 1.165) is 22.1 Å². The van der Waals surface area contributed by atoms with Gasteiger partial charge in [0.15, 0.2) is 11.5 Å². The number of ether oxygens (including phenoxy) is 2. The van der Waals surface area contributed by atoms with Crippen LogP contribution in [0.1, 0.15) is 23.6 Å². The molecular weight excluding hydrogens is 459 g/mol. The summed E-state index contributed by atoms with van der Waals surface area (Å²) in [6.07, 6.45) is 3.57. The van der Waals surface area contributed by atoms with Crippen molar-refractivity contribution in [3.8, 4) is 11.5 Å². The van der Waals surface area contributed by atoms with Crippen molar-refractivity contribution in [1.82, 2.24) is 10.3 Å². The number of hydrogen-bond acceptors (Lipinski definition) is 4. The summed E-state index contributed by atoms with van der Waals surface area (Å²) in [6, 6.07) is 14.2. The Hall–Kier alpha value is -2.15. The van der Waals surface area contributed by atoms with Crippen LogP contribution in [0, 0.1) is 5.82 Å². The van der Waals surface area contributed by atoms with E-state index < -0.39 is 0 Å². The molecule has 1 N–H and O–H groups in total. The van der Waals surface area contributed by atoms with Crippen LogP contribution in [0.5, 0.6) is 11.5 Å². The van der Waals surface area contributed by atoms with E-state index in [4.69, 9.17) is 9.47 Å². The molecule has 0 aliphatic carbocycles. The van der Waals surface area contributed by atoms with Gasteiger partial charge in [0.05, 0.1) is 11.1 Å². The van der Waals surface area contributed by atoms with E-state index in [1.807, 2.05) is 31.2 Å². The molecule has 3 aromatic rings. The fraction of sp³-hybridized carbons (Fsp3) is 0.227. The molecule has 7 heteroatoms. The van der Waals surface area contributed by atoms with Crippen LogP contribution >= 0.6 is 28.3 Å². The normalized spacial score (nSPS) is 10.3. The number of aromatic nitrogens is 1. The van der Waals surface area contributed by atoms with Crippen molar-refractivity contribution in [2.45, 2.75) is 26.6 Å². The average Bonchev–Trinajstić information content (AvgIpc) is 2.70. The summed E-state index contributed by atoms with van der Waals surface area (Å²) < 4.78 is 25.6. The van der Waals surface area contributed by atoms with Crippen molar-refractivity contribution >= 4 is 28.3 Å². The van der Waals surface area contributed by atoms with Gasteiger partial charge in [-0.05, 0) is 75.9 Å². The predicted octanol–water partition coefficient (Wildman–Crippen LogP) is 5.67. The van der Waals surface area contributed by atoms with E-state index in [0.29, 0.717) is 31.3 Å². The molecule has 3 rings (SSSR count). The molecule has 4 nitrogen and oxygen atoms in total. The highest BCUT2D eigenvalue weighted by Gasteiger charge is 2.13. The second-order valence-corrected chi connectivity index (χ2v) is 7.07. The minimum absolute atomic E-state index is 0. The first-order valence-electron chi connectivity index (χ1n) is 9.07. The third-order valence-electron chi connectivity index (χ3n) is 4.07. The van der Waals surface area contributed by atoms with Gasteiger partial charge in [-0.1, -0.05) is 12.1 Å². The van der Waals surface area contributed by atoms with Gasteiger partial charge in [0.2, 0.25) is 0 Å². The van der Waals surface area contributed by atoms with Gasteiger partial charge in [0.25, 0.3) is 0 Å². The minimum atomic E-state index is -0.261. The number of nitrogens with zero attached hydrogens (tertiary/aromatic N) is 1. The van der Waals surface area contributed by atoms with E-state index in [-0.39, 0.29) is 18.2 Å². The third-order valence-corrected chi connectivity index (χ3v) is 4.66. The molecule has 1 aromatic heterocycles. The third kappa shape index (κ3) is 6.99. The lowest BCUT2D eigenvalue weighted by molar-refractivity contribution is 0.267. The van der Waals surface area contributed by atoms with Gasteiger partial charge in [-0.3, -0.25) is 4.98 Å². The first kappa shape index (κ1) is 23.1. The van der Waals surface area contributed by atoms with Crippen LogP contribution in [-0.4, -0.2) is 11.6 Å². The molecule has 0 saturated carbocycles. The summed E-state index contributed by atoms with van der Waals surface area (Å²) in [5, 5.41) is 3.42. The molecule has 0 amide bonds. The first-order valence-corrected chi connectivity index (χ1v) is 9.87. The number of hydrogen-bond donors (Lipinski definition) is 1. The highest BCUT2D eigenvalue weighted by atomic mass is 79.9. The van der Waals surface area contributed by atoms with Gasteiger partial charge in [-0.2, -0.15) is 0 Å². The van der Waals surface area contributed by atoms with Crippen LogP contribution in [0.25, 0.3) is 0 Å². The Bertz CT molecular complexity index is 895. The topological polar surface area (TPSA) is 43.4 Å². The van der Waals surface area contributed by atoms with Crippen molar-refractivity contribution in [2.24, 2.45) is 0 Å². The molecule has 0 saturated heterocycles. The molecule has 0 aliphatic rings. The summed E-state index contributed by atoms with van der Waals surface area (Å²) in [7, 11) is 0. The van der Waals surface area contributed by atoms with E-state index in [2.05, 4.69) is 26.2 Å². The van der Waals surface area contributed by atoms with Gasteiger partial charge in [-0.15, -0.1) is 12.4 Å². The van der Waals surface area contributed by atoms with Gasteiger partial charge in [0, 0.05) is 25.5 Å². The Labute approximate surface area is 185 Å². The van der Waals surface area contributed by atoms with Crippen molar-refractivity contribution in [3.05, 3.63) is 87.9 Å².